The SMILES string of the molecule is CCN(CCOCCS)Cc1ccncc1. The first-order valence-corrected chi connectivity index (χ1v) is 6.30. The van der Waals surface area contributed by atoms with Crippen molar-refractivity contribution in [2.24, 2.45) is 0 Å². The molecule has 16 heavy (non-hydrogen) atoms. The van der Waals surface area contributed by atoms with Crippen LogP contribution >= 0.6 is 12.6 Å². The summed E-state index contributed by atoms with van der Waals surface area (Å²) in [5.41, 5.74) is 1.30. The topological polar surface area (TPSA) is 25.4 Å². The monoisotopic (exact) mass is 240 g/mol. The van der Waals surface area contributed by atoms with Crippen molar-refractivity contribution < 1.29 is 4.74 Å². The molecule has 0 radical (unpaired) electrons. The van der Waals surface area contributed by atoms with Gasteiger partial charge < -0.3 is 4.74 Å². The summed E-state index contributed by atoms with van der Waals surface area (Å²) in [5.74, 6) is 0.788. The van der Waals surface area contributed by atoms with E-state index in [1.54, 1.807) is 0 Å². The van der Waals surface area contributed by atoms with Gasteiger partial charge in [0.15, 0.2) is 0 Å². The molecule has 0 aliphatic heterocycles. The number of aromatic nitrogens is 1. The first-order chi connectivity index (χ1) is 7.86. The van der Waals surface area contributed by atoms with Crippen molar-refractivity contribution in [2.45, 2.75) is 13.5 Å². The van der Waals surface area contributed by atoms with Crippen LogP contribution in [0.3, 0.4) is 0 Å². The fourth-order valence-corrected chi connectivity index (χ4v) is 1.58. The maximum Gasteiger partial charge on any atom is 0.0593 e. The van der Waals surface area contributed by atoms with E-state index in [-0.39, 0.29) is 0 Å². The molecular weight excluding hydrogens is 220 g/mol. The first-order valence-electron chi connectivity index (χ1n) is 5.66. The van der Waals surface area contributed by atoms with Crippen LogP contribution in [0.4, 0.5) is 0 Å². The van der Waals surface area contributed by atoms with Crippen molar-refractivity contribution in [3.8, 4) is 0 Å². The third-order valence-corrected chi connectivity index (χ3v) is 2.57. The summed E-state index contributed by atoms with van der Waals surface area (Å²) in [4.78, 5) is 6.37. The van der Waals surface area contributed by atoms with Gasteiger partial charge in [-0.05, 0) is 24.2 Å². The maximum atomic E-state index is 5.42. The standard InChI is InChI=1S/C12H20N2OS/c1-2-14(7-8-15-9-10-16)11-12-3-5-13-6-4-12/h3-6,16H,2,7-11H2,1H3. The predicted octanol–water partition coefficient (Wildman–Crippen LogP) is 1.85. The molecule has 0 aromatic carbocycles. The zero-order valence-corrected chi connectivity index (χ0v) is 10.7. The second kappa shape index (κ2) is 8.56. The lowest BCUT2D eigenvalue weighted by Crippen LogP contribution is -2.27. The summed E-state index contributed by atoms with van der Waals surface area (Å²) >= 11 is 4.10. The Morgan fingerprint density at radius 2 is 2.06 bits per heavy atom. The molecule has 0 amide bonds. The highest BCUT2D eigenvalue weighted by atomic mass is 32.1. The van der Waals surface area contributed by atoms with Crippen molar-refractivity contribution in [2.75, 3.05) is 32.1 Å². The zero-order valence-electron chi connectivity index (χ0n) is 9.80. The number of ether oxygens (including phenoxy) is 1. The van der Waals surface area contributed by atoms with Gasteiger partial charge >= 0.3 is 0 Å². The Kier molecular flexibility index (Phi) is 7.21. The van der Waals surface area contributed by atoms with Gasteiger partial charge in [-0.2, -0.15) is 12.6 Å². The van der Waals surface area contributed by atoms with Gasteiger partial charge in [-0.1, -0.05) is 6.92 Å². The molecule has 0 aliphatic carbocycles. The van der Waals surface area contributed by atoms with E-state index in [1.165, 1.54) is 5.56 Å². The van der Waals surface area contributed by atoms with Gasteiger partial charge in [-0.15, -0.1) is 0 Å². The lowest BCUT2D eigenvalue weighted by Gasteiger charge is -2.20. The number of hydrogen-bond acceptors (Lipinski definition) is 4. The maximum absolute atomic E-state index is 5.42. The molecule has 0 spiro atoms. The fraction of sp³-hybridized carbons (Fsp3) is 0.583. The van der Waals surface area contributed by atoms with E-state index in [0.717, 1.165) is 38.6 Å². The number of nitrogens with zero attached hydrogens (tertiary/aromatic N) is 2. The fourth-order valence-electron chi connectivity index (χ4n) is 1.46. The lowest BCUT2D eigenvalue weighted by molar-refractivity contribution is 0.115. The van der Waals surface area contributed by atoms with E-state index in [1.807, 2.05) is 12.4 Å². The van der Waals surface area contributed by atoms with E-state index in [9.17, 15) is 0 Å². The Labute approximate surface area is 103 Å². The minimum atomic E-state index is 0.732. The normalized spacial score (nSPS) is 10.9. The number of thiol groups is 1. The van der Waals surface area contributed by atoms with Crippen molar-refractivity contribution in [3.63, 3.8) is 0 Å². The van der Waals surface area contributed by atoms with Crippen LogP contribution in [-0.2, 0) is 11.3 Å². The summed E-state index contributed by atoms with van der Waals surface area (Å²) in [6, 6.07) is 4.11. The Morgan fingerprint density at radius 1 is 1.31 bits per heavy atom. The van der Waals surface area contributed by atoms with E-state index in [2.05, 4.69) is 41.6 Å². The minimum absolute atomic E-state index is 0.732. The number of hydrogen-bond donors (Lipinski definition) is 1. The Morgan fingerprint density at radius 3 is 2.69 bits per heavy atom. The summed E-state index contributed by atoms with van der Waals surface area (Å²) in [5, 5.41) is 0. The molecular formula is C12H20N2OS. The molecule has 0 aliphatic rings. The molecule has 0 unspecified atom stereocenters. The molecule has 0 saturated carbocycles. The highest BCUT2D eigenvalue weighted by molar-refractivity contribution is 7.80. The minimum Gasteiger partial charge on any atom is -0.379 e. The highest BCUT2D eigenvalue weighted by Gasteiger charge is 2.02. The molecule has 0 saturated heterocycles. The largest absolute Gasteiger partial charge is 0.379 e. The van der Waals surface area contributed by atoms with Gasteiger partial charge in [-0.3, -0.25) is 9.88 Å². The van der Waals surface area contributed by atoms with Gasteiger partial charge in [0.25, 0.3) is 0 Å². The van der Waals surface area contributed by atoms with Crippen LogP contribution in [-0.4, -0.2) is 41.9 Å². The van der Waals surface area contributed by atoms with Crippen molar-refractivity contribution in [1.82, 2.24) is 9.88 Å². The van der Waals surface area contributed by atoms with Crippen molar-refractivity contribution in [1.29, 1.82) is 0 Å². The van der Waals surface area contributed by atoms with Gasteiger partial charge in [0, 0.05) is 31.2 Å². The van der Waals surface area contributed by atoms with Crippen LogP contribution in [0.5, 0.6) is 0 Å². The van der Waals surface area contributed by atoms with Gasteiger partial charge in [0.2, 0.25) is 0 Å². The van der Waals surface area contributed by atoms with Gasteiger partial charge in [0.1, 0.15) is 0 Å². The Hall–Kier alpha value is -0.580. The highest BCUT2D eigenvalue weighted by Crippen LogP contribution is 2.02. The number of likely N-dealkylation sites (N-methyl/N-ethyl adjacent to an activating group) is 1. The second-order valence-electron chi connectivity index (χ2n) is 3.56. The van der Waals surface area contributed by atoms with E-state index < -0.39 is 0 Å². The number of pyridine rings is 1. The Balaban J connectivity index is 2.26. The zero-order chi connectivity index (χ0) is 11.6. The van der Waals surface area contributed by atoms with Crippen LogP contribution in [0.1, 0.15) is 12.5 Å². The van der Waals surface area contributed by atoms with Gasteiger partial charge in [0.05, 0.1) is 13.2 Å². The Bertz CT molecular complexity index is 269. The third-order valence-electron chi connectivity index (χ3n) is 2.39. The van der Waals surface area contributed by atoms with E-state index in [0.29, 0.717) is 0 Å². The summed E-state index contributed by atoms with van der Waals surface area (Å²) in [7, 11) is 0. The molecule has 1 heterocycles. The van der Waals surface area contributed by atoms with E-state index in [4.69, 9.17) is 4.74 Å². The second-order valence-corrected chi connectivity index (χ2v) is 4.01. The van der Waals surface area contributed by atoms with Crippen molar-refractivity contribution in [3.05, 3.63) is 30.1 Å². The van der Waals surface area contributed by atoms with Crippen LogP contribution in [0.15, 0.2) is 24.5 Å². The summed E-state index contributed by atoms with van der Waals surface area (Å²) in [6.07, 6.45) is 3.67. The van der Waals surface area contributed by atoms with E-state index >= 15 is 0 Å². The average molecular weight is 240 g/mol. The van der Waals surface area contributed by atoms with Crippen molar-refractivity contribution >= 4 is 12.6 Å². The molecule has 1 aromatic heterocycles. The average Bonchev–Trinajstić information content (AvgIpc) is 2.34. The molecule has 4 heteroatoms. The van der Waals surface area contributed by atoms with Crippen LogP contribution < -0.4 is 0 Å². The molecule has 0 fully saturated rings. The van der Waals surface area contributed by atoms with Crippen LogP contribution in [0.25, 0.3) is 0 Å². The first kappa shape index (κ1) is 13.5. The molecule has 0 atom stereocenters. The summed E-state index contributed by atoms with van der Waals surface area (Å²) in [6.45, 7) is 6.64. The molecule has 0 N–H and O–H groups in total. The van der Waals surface area contributed by atoms with Crippen LogP contribution in [0.2, 0.25) is 0 Å². The molecule has 1 aromatic rings. The quantitative estimate of drug-likeness (QED) is 0.554. The van der Waals surface area contributed by atoms with Crippen LogP contribution in [0, 0.1) is 0 Å². The number of rotatable bonds is 8. The smallest absolute Gasteiger partial charge is 0.0593 e. The molecule has 90 valence electrons. The molecule has 0 bridgehead atoms. The predicted molar refractivity (Wildman–Crippen MR) is 69.9 cm³/mol. The molecule has 1 rings (SSSR count). The summed E-state index contributed by atoms with van der Waals surface area (Å²) < 4.78 is 5.42. The molecule has 3 nitrogen and oxygen atoms in total. The third kappa shape index (κ3) is 5.49. The lowest BCUT2D eigenvalue weighted by atomic mass is 10.2. The van der Waals surface area contributed by atoms with Gasteiger partial charge in [-0.25, -0.2) is 0 Å².